The smallest absolute Gasteiger partial charge is 0.307 e. The normalized spacial score (nSPS) is 10.7. The largest absolute Gasteiger partial charge is 0.481 e. The van der Waals surface area contributed by atoms with Crippen LogP contribution in [0.5, 0.6) is 0 Å². The van der Waals surface area contributed by atoms with Crippen molar-refractivity contribution in [2.24, 2.45) is 0 Å². The van der Waals surface area contributed by atoms with E-state index in [1.54, 1.807) is 13.8 Å². The second kappa shape index (κ2) is 4.75. The minimum absolute atomic E-state index is 0.0596. The Bertz CT molecular complexity index is 648. The monoisotopic (exact) mass is 261 g/mol. The zero-order valence-corrected chi connectivity index (χ0v) is 11.3. The molecule has 0 saturated carbocycles. The van der Waals surface area contributed by atoms with Gasteiger partial charge in [0.15, 0.2) is 0 Å². The van der Waals surface area contributed by atoms with Gasteiger partial charge in [-0.2, -0.15) is 10.2 Å². The number of carbonyl (C=O) groups is 1. The van der Waals surface area contributed by atoms with E-state index < -0.39 is 5.97 Å². The van der Waals surface area contributed by atoms with E-state index in [-0.39, 0.29) is 6.42 Å². The Balaban J connectivity index is 2.51. The van der Waals surface area contributed by atoms with Gasteiger partial charge in [-0.15, -0.1) is 5.10 Å². The number of aliphatic carboxylic acids is 1. The van der Waals surface area contributed by atoms with E-state index in [2.05, 4.69) is 20.3 Å². The Kier molecular flexibility index (Phi) is 3.28. The van der Waals surface area contributed by atoms with E-state index in [1.165, 1.54) is 4.68 Å². The molecule has 0 aliphatic carbocycles. The van der Waals surface area contributed by atoms with Crippen molar-refractivity contribution in [2.45, 2.75) is 34.1 Å². The number of aromatic nitrogens is 5. The standard InChI is InChI=1S/C12H15N5O2/c1-6-7(2)14-15-12(13-6)17-9(4)10(5-11(18)19)8(3)16-17/h5H2,1-4H3,(H,18,19). The van der Waals surface area contributed by atoms with Crippen LogP contribution in [-0.4, -0.2) is 36.0 Å². The maximum atomic E-state index is 10.8. The molecule has 19 heavy (non-hydrogen) atoms. The average Bonchev–Trinajstić information content (AvgIpc) is 2.60. The van der Waals surface area contributed by atoms with Crippen LogP contribution in [0, 0.1) is 27.7 Å². The summed E-state index contributed by atoms with van der Waals surface area (Å²) in [7, 11) is 0. The molecule has 0 aliphatic heterocycles. The second-order valence-corrected chi connectivity index (χ2v) is 4.41. The highest BCUT2D eigenvalue weighted by Gasteiger charge is 2.17. The Morgan fingerprint density at radius 3 is 2.37 bits per heavy atom. The Morgan fingerprint density at radius 2 is 1.79 bits per heavy atom. The molecule has 0 spiro atoms. The third-order valence-corrected chi connectivity index (χ3v) is 3.04. The van der Waals surface area contributed by atoms with Gasteiger partial charge in [0, 0.05) is 11.3 Å². The van der Waals surface area contributed by atoms with Crippen LogP contribution in [0.3, 0.4) is 0 Å². The third-order valence-electron chi connectivity index (χ3n) is 3.04. The molecule has 0 saturated heterocycles. The van der Waals surface area contributed by atoms with Gasteiger partial charge < -0.3 is 5.11 Å². The quantitative estimate of drug-likeness (QED) is 0.882. The zero-order chi connectivity index (χ0) is 14.2. The highest BCUT2D eigenvalue weighted by atomic mass is 16.4. The van der Waals surface area contributed by atoms with Gasteiger partial charge in [0.1, 0.15) is 0 Å². The Hall–Kier alpha value is -2.31. The van der Waals surface area contributed by atoms with Crippen molar-refractivity contribution in [1.29, 1.82) is 0 Å². The third kappa shape index (κ3) is 2.44. The molecule has 0 bridgehead atoms. The second-order valence-electron chi connectivity index (χ2n) is 4.41. The molecule has 0 aromatic carbocycles. The summed E-state index contributed by atoms with van der Waals surface area (Å²) in [6, 6.07) is 0. The van der Waals surface area contributed by atoms with Crippen molar-refractivity contribution in [3.63, 3.8) is 0 Å². The van der Waals surface area contributed by atoms with Gasteiger partial charge in [-0.3, -0.25) is 4.79 Å². The minimum atomic E-state index is -0.884. The average molecular weight is 261 g/mol. The molecule has 0 radical (unpaired) electrons. The van der Waals surface area contributed by atoms with Crippen molar-refractivity contribution in [2.75, 3.05) is 0 Å². The molecule has 2 rings (SSSR count). The highest BCUT2D eigenvalue weighted by Crippen LogP contribution is 2.16. The minimum Gasteiger partial charge on any atom is -0.481 e. The Labute approximate surface area is 110 Å². The predicted molar refractivity (Wildman–Crippen MR) is 67.2 cm³/mol. The maximum Gasteiger partial charge on any atom is 0.307 e. The molecule has 7 nitrogen and oxygen atoms in total. The lowest BCUT2D eigenvalue weighted by atomic mass is 10.1. The van der Waals surface area contributed by atoms with E-state index in [9.17, 15) is 4.79 Å². The number of rotatable bonds is 3. The van der Waals surface area contributed by atoms with Gasteiger partial charge in [-0.25, -0.2) is 9.67 Å². The van der Waals surface area contributed by atoms with Crippen LogP contribution in [0.4, 0.5) is 0 Å². The summed E-state index contributed by atoms with van der Waals surface area (Å²) in [6.07, 6.45) is -0.0596. The summed E-state index contributed by atoms with van der Waals surface area (Å²) >= 11 is 0. The lowest BCUT2D eigenvalue weighted by Crippen LogP contribution is -2.09. The van der Waals surface area contributed by atoms with Crippen LogP contribution in [0.1, 0.15) is 28.3 Å². The van der Waals surface area contributed by atoms with Crippen molar-refractivity contribution < 1.29 is 9.90 Å². The molecular weight excluding hydrogens is 246 g/mol. The number of hydrogen-bond donors (Lipinski definition) is 1. The van der Waals surface area contributed by atoms with Crippen molar-refractivity contribution in [1.82, 2.24) is 25.0 Å². The molecular formula is C12H15N5O2. The fraction of sp³-hybridized carbons (Fsp3) is 0.417. The van der Waals surface area contributed by atoms with Gasteiger partial charge in [-0.1, -0.05) is 0 Å². The number of hydrogen-bond acceptors (Lipinski definition) is 5. The summed E-state index contributed by atoms with van der Waals surface area (Å²) in [5, 5.41) is 21.2. The summed E-state index contributed by atoms with van der Waals surface area (Å²) < 4.78 is 1.53. The molecule has 2 heterocycles. The summed E-state index contributed by atoms with van der Waals surface area (Å²) in [4.78, 5) is 15.2. The molecule has 7 heteroatoms. The van der Waals surface area contributed by atoms with Crippen LogP contribution in [0.25, 0.3) is 5.95 Å². The number of aryl methyl sites for hydroxylation is 3. The first-order chi connectivity index (χ1) is 8.90. The summed E-state index contributed by atoms with van der Waals surface area (Å²) in [5.41, 5.74) is 3.62. The highest BCUT2D eigenvalue weighted by molar-refractivity contribution is 5.71. The molecule has 2 aromatic heterocycles. The van der Waals surface area contributed by atoms with Crippen molar-refractivity contribution in [3.8, 4) is 5.95 Å². The van der Waals surface area contributed by atoms with E-state index in [0.29, 0.717) is 17.2 Å². The molecule has 0 fully saturated rings. The lowest BCUT2D eigenvalue weighted by molar-refractivity contribution is -0.136. The lowest BCUT2D eigenvalue weighted by Gasteiger charge is -2.04. The molecule has 0 amide bonds. The number of carboxylic acids is 1. The molecule has 100 valence electrons. The topological polar surface area (TPSA) is 93.8 Å². The maximum absolute atomic E-state index is 10.8. The van der Waals surface area contributed by atoms with E-state index in [0.717, 1.165) is 17.1 Å². The summed E-state index contributed by atoms with van der Waals surface area (Å²) in [6.45, 7) is 7.25. The zero-order valence-electron chi connectivity index (χ0n) is 11.3. The Morgan fingerprint density at radius 1 is 1.11 bits per heavy atom. The molecule has 1 N–H and O–H groups in total. The van der Waals surface area contributed by atoms with Crippen molar-refractivity contribution in [3.05, 3.63) is 28.3 Å². The molecule has 2 aromatic rings. The van der Waals surface area contributed by atoms with Crippen LogP contribution < -0.4 is 0 Å². The predicted octanol–water partition coefficient (Wildman–Crippen LogP) is 0.918. The van der Waals surface area contributed by atoms with Crippen molar-refractivity contribution >= 4 is 5.97 Å². The van der Waals surface area contributed by atoms with Gasteiger partial charge in [0.05, 0.1) is 23.5 Å². The van der Waals surface area contributed by atoms with E-state index in [1.807, 2.05) is 13.8 Å². The van der Waals surface area contributed by atoms with Gasteiger partial charge >= 0.3 is 5.97 Å². The first-order valence-electron chi connectivity index (χ1n) is 5.85. The van der Waals surface area contributed by atoms with E-state index >= 15 is 0 Å². The van der Waals surface area contributed by atoms with Gasteiger partial charge in [-0.05, 0) is 27.7 Å². The SMILES string of the molecule is Cc1nnc(-n2nc(C)c(CC(=O)O)c2C)nc1C. The van der Waals surface area contributed by atoms with E-state index in [4.69, 9.17) is 5.11 Å². The van der Waals surface area contributed by atoms with Gasteiger partial charge in [0.25, 0.3) is 5.95 Å². The first kappa shape index (κ1) is 13.1. The van der Waals surface area contributed by atoms with Crippen LogP contribution in [0.2, 0.25) is 0 Å². The molecule has 0 aliphatic rings. The fourth-order valence-electron chi connectivity index (χ4n) is 1.81. The number of carboxylic acid groups (broad SMARTS) is 1. The summed E-state index contributed by atoms with van der Waals surface area (Å²) in [5.74, 6) is -0.523. The van der Waals surface area contributed by atoms with Crippen LogP contribution in [0.15, 0.2) is 0 Å². The first-order valence-corrected chi connectivity index (χ1v) is 5.85. The molecule has 0 atom stereocenters. The number of nitrogens with zero attached hydrogens (tertiary/aromatic N) is 5. The fourth-order valence-corrected chi connectivity index (χ4v) is 1.81. The van der Waals surface area contributed by atoms with Gasteiger partial charge in [0.2, 0.25) is 0 Å². The van der Waals surface area contributed by atoms with Crippen LogP contribution in [-0.2, 0) is 11.2 Å². The van der Waals surface area contributed by atoms with Crippen LogP contribution >= 0.6 is 0 Å². The molecule has 0 unspecified atom stereocenters.